The van der Waals surface area contributed by atoms with Gasteiger partial charge in [-0.3, -0.25) is 0 Å². The van der Waals surface area contributed by atoms with Gasteiger partial charge >= 0.3 is 0 Å². The van der Waals surface area contributed by atoms with E-state index in [4.69, 9.17) is 18.9 Å². The molecule has 4 atom stereocenters. The van der Waals surface area contributed by atoms with Crippen molar-refractivity contribution >= 4 is 64.6 Å². The molecule has 0 fully saturated rings. The molecule has 8 rings (SSSR count). The quantitative estimate of drug-likeness (QED) is 0.0283. The lowest BCUT2D eigenvalue weighted by Crippen LogP contribution is -2.14. The molecule has 8 heteroatoms. The zero-order valence-corrected chi connectivity index (χ0v) is 47.1. The highest BCUT2D eigenvalue weighted by Crippen LogP contribution is 2.46. The first-order valence-corrected chi connectivity index (χ1v) is 29.2. The van der Waals surface area contributed by atoms with Crippen molar-refractivity contribution in [3.05, 3.63) is 97.1 Å². The number of phenols is 4. The molecule has 0 aromatic heterocycles. The van der Waals surface area contributed by atoms with Gasteiger partial charge in [-0.1, -0.05) is 181 Å². The molecule has 8 nitrogen and oxygen atoms in total. The van der Waals surface area contributed by atoms with Crippen LogP contribution in [0.3, 0.4) is 0 Å². The molecule has 0 saturated carbocycles. The minimum Gasteiger partial charge on any atom is -0.504 e. The molecule has 8 aromatic rings. The smallest absolute Gasteiger partial charge is 0.161 e. The summed E-state index contributed by atoms with van der Waals surface area (Å²) in [6.07, 6.45) is 19.0. The minimum absolute atomic E-state index is 0.194. The number of ether oxygens (including phenoxy) is 4. The molecule has 0 saturated heterocycles. The molecule has 8 aromatic carbocycles. The third-order valence-electron chi connectivity index (χ3n) is 16.1. The van der Waals surface area contributed by atoms with Crippen molar-refractivity contribution in [3.63, 3.8) is 0 Å². The first-order valence-electron chi connectivity index (χ1n) is 29.2. The fraction of sp³-hybridized carbons (Fsp3) is 0.471. The van der Waals surface area contributed by atoms with Gasteiger partial charge in [-0.05, 0) is 163 Å². The minimum atomic E-state index is -0.225. The van der Waals surface area contributed by atoms with Crippen LogP contribution < -0.4 is 18.9 Å². The Morgan fingerprint density at radius 2 is 0.487 bits per heavy atom. The van der Waals surface area contributed by atoms with E-state index in [0.29, 0.717) is 60.9 Å². The number of fused-ring (bicyclic) bond motifs is 12. The Hall–Kier alpha value is -6.28. The van der Waals surface area contributed by atoms with Gasteiger partial charge in [-0.2, -0.15) is 0 Å². The van der Waals surface area contributed by atoms with Crippen LogP contribution in [0.5, 0.6) is 46.0 Å². The summed E-state index contributed by atoms with van der Waals surface area (Å²) in [6.45, 7) is 21.1. The Labute approximate surface area is 453 Å². The number of unbranched alkanes of at least 4 members (excludes halogenated alkanes) is 4. The largest absolute Gasteiger partial charge is 0.504 e. The Kier molecular flexibility index (Phi) is 21.3. The van der Waals surface area contributed by atoms with Crippen LogP contribution in [0.1, 0.15) is 158 Å². The molecule has 408 valence electrons. The predicted octanol–water partition coefficient (Wildman–Crippen LogP) is 19.5. The van der Waals surface area contributed by atoms with Crippen LogP contribution in [0.2, 0.25) is 0 Å². The Morgan fingerprint density at radius 1 is 0.289 bits per heavy atom. The fourth-order valence-electron chi connectivity index (χ4n) is 10.8. The van der Waals surface area contributed by atoms with Crippen LogP contribution in [0.15, 0.2) is 97.1 Å². The molecule has 0 aliphatic carbocycles. The molecule has 0 radical (unpaired) electrons. The average Bonchev–Trinajstić information content (AvgIpc) is 3.45. The van der Waals surface area contributed by atoms with E-state index >= 15 is 0 Å². The van der Waals surface area contributed by atoms with Gasteiger partial charge in [0.05, 0.1) is 26.4 Å². The van der Waals surface area contributed by atoms with Crippen LogP contribution in [0.25, 0.3) is 64.6 Å². The highest BCUT2D eigenvalue weighted by atomic mass is 16.5. The van der Waals surface area contributed by atoms with E-state index in [1.54, 1.807) is 0 Å². The summed E-state index contributed by atoms with van der Waals surface area (Å²) in [5.41, 5.74) is 0. The van der Waals surface area contributed by atoms with E-state index in [1.807, 2.05) is 24.3 Å². The maximum absolute atomic E-state index is 9.81. The second-order valence-electron chi connectivity index (χ2n) is 21.5. The molecule has 4 N–H and O–H groups in total. The summed E-state index contributed by atoms with van der Waals surface area (Å²) in [4.78, 5) is 0. The molecular weight excluding hydrogens is 945 g/mol. The van der Waals surface area contributed by atoms with E-state index < -0.39 is 0 Å². The SMILES string of the molecule is CCCCC(CC)COc1cc2c3ccccc3c3cc(OCC(CC)CCCC)c(OCC(CC)CCCC)cc3c2cc1OCC(CC)CCCC.Oc1cc2c3ccccc3c3cc(O)c(O)cc3c2cc1O. The normalized spacial score (nSPS) is 13.3. The Morgan fingerprint density at radius 3 is 0.697 bits per heavy atom. The van der Waals surface area contributed by atoms with Crippen molar-refractivity contribution in [3.8, 4) is 46.0 Å². The second kappa shape index (κ2) is 28.2. The average molecular weight is 1030 g/mol. The Balaban J connectivity index is 0.000000313. The third-order valence-corrected chi connectivity index (χ3v) is 16.1. The van der Waals surface area contributed by atoms with Gasteiger partial charge in [-0.15, -0.1) is 0 Å². The third kappa shape index (κ3) is 13.8. The van der Waals surface area contributed by atoms with E-state index in [0.717, 1.165) is 70.2 Å². The molecule has 0 bridgehead atoms. The van der Waals surface area contributed by atoms with Crippen molar-refractivity contribution in [1.82, 2.24) is 0 Å². The highest BCUT2D eigenvalue weighted by molar-refractivity contribution is 6.27. The van der Waals surface area contributed by atoms with Gasteiger partial charge < -0.3 is 39.4 Å². The van der Waals surface area contributed by atoms with E-state index in [1.165, 1.54) is 134 Å². The first kappa shape index (κ1) is 57.4. The van der Waals surface area contributed by atoms with Crippen molar-refractivity contribution in [2.24, 2.45) is 23.7 Å². The topological polar surface area (TPSA) is 118 Å². The first-order chi connectivity index (χ1) is 37.0. The van der Waals surface area contributed by atoms with Gasteiger partial charge in [0.1, 0.15) is 0 Å². The second-order valence-corrected chi connectivity index (χ2v) is 21.5. The van der Waals surface area contributed by atoms with Gasteiger partial charge in [0.2, 0.25) is 0 Å². The summed E-state index contributed by atoms with van der Waals surface area (Å²) in [7, 11) is 0. The van der Waals surface area contributed by atoms with E-state index in [-0.39, 0.29) is 23.0 Å². The van der Waals surface area contributed by atoms with E-state index in [9.17, 15) is 20.4 Å². The monoisotopic (exact) mass is 1030 g/mol. The van der Waals surface area contributed by atoms with Crippen LogP contribution in [0, 0.1) is 23.7 Å². The van der Waals surface area contributed by atoms with Gasteiger partial charge in [0, 0.05) is 0 Å². The number of rotatable bonds is 28. The molecule has 0 aliphatic heterocycles. The molecule has 0 spiro atoms. The molecule has 0 aliphatic rings. The number of aromatic hydroxyl groups is 4. The lowest BCUT2D eigenvalue weighted by atomic mass is 9.93. The van der Waals surface area contributed by atoms with Crippen LogP contribution >= 0.6 is 0 Å². The predicted molar refractivity (Wildman–Crippen MR) is 320 cm³/mol. The van der Waals surface area contributed by atoms with Crippen LogP contribution in [-0.2, 0) is 0 Å². The molecule has 0 amide bonds. The van der Waals surface area contributed by atoms with Gasteiger partial charge in [0.25, 0.3) is 0 Å². The summed E-state index contributed by atoms with van der Waals surface area (Å²) >= 11 is 0. The maximum atomic E-state index is 9.81. The summed E-state index contributed by atoms with van der Waals surface area (Å²) in [5.74, 6) is 4.72. The standard InChI is InChI=1S/C50H76O4.C18H12O4/c1-9-17-23-37(13-5)33-51-47-29-43-41-27-21-22-28-42(41)44-30-48(52-34-38(14-6)24-18-10-2)50(54-36-40(16-8)26-20-12-4)32-46(44)45(43)31-49(47)53-35-39(15-7)25-19-11-3;19-15-5-11-9-3-1-2-4-10(9)12-6-16(20)18(22)8-14(12)13(11)7-17(15)21/h21-22,27-32,37-40H,9-20,23-26,33-36H2,1-8H3;1-8,19-22H. The van der Waals surface area contributed by atoms with E-state index in [2.05, 4.69) is 104 Å². The van der Waals surface area contributed by atoms with Crippen molar-refractivity contribution in [2.75, 3.05) is 26.4 Å². The van der Waals surface area contributed by atoms with Gasteiger partial charge in [-0.25, -0.2) is 0 Å². The number of hydrogen-bond donors (Lipinski definition) is 4. The van der Waals surface area contributed by atoms with Crippen LogP contribution in [-0.4, -0.2) is 46.9 Å². The van der Waals surface area contributed by atoms with Gasteiger partial charge in [0.15, 0.2) is 46.0 Å². The number of phenolic OH excluding ortho intramolecular Hbond substituents is 4. The summed E-state index contributed by atoms with van der Waals surface area (Å²) in [6, 6.07) is 31.5. The lowest BCUT2D eigenvalue weighted by molar-refractivity contribution is 0.199. The van der Waals surface area contributed by atoms with Crippen molar-refractivity contribution in [2.45, 2.75) is 158 Å². The summed E-state index contributed by atoms with van der Waals surface area (Å²) < 4.78 is 27.2. The maximum Gasteiger partial charge on any atom is 0.161 e. The summed E-state index contributed by atoms with van der Waals surface area (Å²) in [5, 5.41) is 51.1. The molecule has 76 heavy (non-hydrogen) atoms. The fourth-order valence-corrected chi connectivity index (χ4v) is 10.8. The lowest BCUT2D eigenvalue weighted by Gasteiger charge is -2.23. The molecule has 4 unspecified atom stereocenters. The zero-order valence-electron chi connectivity index (χ0n) is 47.1. The van der Waals surface area contributed by atoms with Crippen molar-refractivity contribution in [1.29, 1.82) is 0 Å². The molecule has 0 heterocycles. The van der Waals surface area contributed by atoms with Crippen LogP contribution in [0.4, 0.5) is 0 Å². The highest BCUT2D eigenvalue weighted by Gasteiger charge is 2.22. The number of benzene rings is 8. The zero-order chi connectivity index (χ0) is 54.1. The Bertz CT molecular complexity index is 2930. The van der Waals surface area contributed by atoms with Crippen molar-refractivity contribution < 1.29 is 39.4 Å². The molecular formula is C68H88O8. The number of hydrogen-bond acceptors (Lipinski definition) is 8.